The molecule has 0 unspecified atom stereocenters. The zero-order valence-electron chi connectivity index (χ0n) is 15.7. The highest BCUT2D eigenvalue weighted by Gasteiger charge is 2.22. The second-order valence-electron chi connectivity index (χ2n) is 5.92. The van der Waals surface area contributed by atoms with Gasteiger partial charge in [-0.05, 0) is 42.5 Å². The summed E-state index contributed by atoms with van der Waals surface area (Å²) >= 11 is 0. The highest BCUT2D eigenvalue weighted by atomic mass is 19.1. The number of nitrogens with one attached hydrogen (secondary N) is 1. The number of carboxylic acid groups (broad SMARTS) is 1. The Hall–Kier alpha value is -3.88. The van der Waals surface area contributed by atoms with E-state index in [0.717, 1.165) is 0 Å². The number of carbonyl (C=O) groups is 2. The van der Waals surface area contributed by atoms with Gasteiger partial charge in [0.2, 0.25) is 0 Å². The number of carbonyl (C=O) groups excluding carboxylic acids is 1. The fourth-order valence-electron chi connectivity index (χ4n) is 2.80. The number of benzene rings is 2. The van der Waals surface area contributed by atoms with E-state index in [0.29, 0.717) is 28.4 Å². The first-order valence-corrected chi connectivity index (χ1v) is 8.52. The van der Waals surface area contributed by atoms with Crippen LogP contribution in [0, 0.1) is 5.82 Å². The third kappa shape index (κ3) is 4.18. The maximum Gasteiger partial charge on any atom is 0.322 e. The van der Waals surface area contributed by atoms with Crippen LogP contribution in [0.25, 0.3) is 16.9 Å². The summed E-state index contributed by atoms with van der Waals surface area (Å²) in [5, 5.41) is 15.3. The summed E-state index contributed by atoms with van der Waals surface area (Å²) in [5.74, 6) is -1.31. The number of hydrogen-bond donors (Lipinski definition) is 2. The van der Waals surface area contributed by atoms with Crippen LogP contribution < -0.4 is 14.8 Å². The van der Waals surface area contributed by atoms with Crippen LogP contribution in [-0.2, 0) is 4.79 Å². The summed E-state index contributed by atoms with van der Waals surface area (Å²) in [5.41, 5.74) is 1.46. The molecule has 0 aliphatic rings. The molecule has 0 fully saturated rings. The van der Waals surface area contributed by atoms with Crippen molar-refractivity contribution < 1.29 is 28.6 Å². The average Bonchev–Trinajstić information content (AvgIpc) is 3.16. The Balaban J connectivity index is 2.19. The predicted octanol–water partition coefficient (Wildman–Crippen LogP) is 2.51. The molecule has 9 heteroatoms. The van der Waals surface area contributed by atoms with Crippen LogP contribution >= 0.6 is 0 Å². The van der Waals surface area contributed by atoms with Crippen molar-refractivity contribution in [3.63, 3.8) is 0 Å². The summed E-state index contributed by atoms with van der Waals surface area (Å²) in [6.45, 7) is -0.546. The lowest BCUT2D eigenvalue weighted by Crippen LogP contribution is -2.29. The van der Waals surface area contributed by atoms with E-state index in [9.17, 15) is 14.0 Å². The number of aromatic nitrogens is 2. The van der Waals surface area contributed by atoms with Crippen LogP contribution in [0.15, 0.2) is 48.5 Å². The summed E-state index contributed by atoms with van der Waals surface area (Å²) in [6.07, 6.45) is 0. The topological polar surface area (TPSA) is 103 Å². The van der Waals surface area contributed by atoms with Gasteiger partial charge in [0, 0.05) is 0 Å². The molecule has 2 aromatic carbocycles. The number of aliphatic carboxylic acids is 1. The number of ether oxygens (including phenoxy) is 2. The SMILES string of the molecule is COc1cccc(OC)c1-c1cc(C(=O)NCC(=O)O)nn1-c1ccc(F)cc1. The smallest absolute Gasteiger partial charge is 0.322 e. The van der Waals surface area contributed by atoms with Crippen LogP contribution in [0.1, 0.15) is 10.5 Å². The lowest BCUT2D eigenvalue weighted by Gasteiger charge is -2.14. The van der Waals surface area contributed by atoms with Gasteiger partial charge >= 0.3 is 5.97 Å². The van der Waals surface area contributed by atoms with Gasteiger partial charge in [-0.3, -0.25) is 9.59 Å². The maximum atomic E-state index is 13.4. The second-order valence-corrected chi connectivity index (χ2v) is 5.92. The van der Waals surface area contributed by atoms with Crippen LogP contribution in [0.3, 0.4) is 0 Å². The van der Waals surface area contributed by atoms with E-state index < -0.39 is 24.2 Å². The molecule has 1 aromatic heterocycles. The molecule has 150 valence electrons. The molecule has 0 radical (unpaired) electrons. The number of rotatable bonds is 7. The molecule has 3 rings (SSSR count). The Labute approximate surface area is 165 Å². The van der Waals surface area contributed by atoms with Gasteiger partial charge in [0.25, 0.3) is 5.91 Å². The molecule has 0 bridgehead atoms. The minimum atomic E-state index is -1.18. The highest BCUT2D eigenvalue weighted by Crippen LogP contribution is 2.39. The summed E-state index contributed by atoms with van der Waals surface area (Å²) < 4.78 is 25.7. The minimum absolute atomic E-state index is 0.0152. The second kappa shape index (κ2) is 8.42. The van der Waals surface area contributed by atoms with E-state index in [1.165, 1.54) is 49.2 Å². The fraction of sp³-hybridized carbons (Fsp3) is 0.150. The maximum absolute atomic E-state index is 13.4. The van der Waals surface area contributed by atoms with Crippen LogP contribution in [0.5, 0.6) is 11.5 Å². The van der Waals surface area contributed by atoms with E-state index in [-0.39, 0.29) is 5.69 Å². The Bertz CT molecular complexity index is 1020. The molecule has 1 amide bonds. The molecule has 0 spiro atoms. The highest BCUT2D eigenvalue weighted by molar-refractivity contribution is 5.95. The Morgan fingerprint density at radius 2 is 1.72 bits per heavy atom. The number of halogens is 1. The number of methoxy groups -OCH3 is 2. The van der Waals surface area contributed by atoms with Crippen LogP contribution in [0.4, 0.5) is 4.39 Å². The number of nitrogens with zero attached hydrogens (tertiary/aromatic N) is 2. The lowest BCUT2D eigenvalue weighted by atomic mass is 10.1. The normalized spacial score (nSPS) is 10.4. The molecule has 3 aromatic rings. The largest absolute Gasteiger partial charge is 0.496 e. The zero-order chi connectivity index (χ0) is 21.0. The van der Waals surface area contributed by atoms with E-state index in [1.807, 2.05) is 0 Å². The molecule has 29 heavy (non-hydrogen) atoms. The first-order valence-electron chi connectivity index (χ1n) is 8.52. The van der Waals surface area contributed by atoms with Gasteiger partial charge in [0.05, 0.1) is 31.2 Å². The molecule has 0 aliphatic heterocycles. The molecular formula is C20H18FN3O5. The van der Waals surface area contributed by atoms with Crippen molar-refractivity contribution in [1.82, 2.24) is 15.1 Å². The lowest BCUT2D eigenvalue weighted by molar-refractivity contribution is -0.135. The molecule has 0 saturated heterocycles. The third-order valence-corrected chi connectivity index (χ3v) is 4.10. The fourth-order valence-corrected chi connectivity index (χ4v) is 2.80. The first kappa shape index (κ1) is 19.9. The third-order valence-electron chi connectivity index (χ3n) is 4.10. The predicted molar refractivity (Wildman–Crippen MR) is 102 cm³/mol. The Morgan fingerprint density at radius 3 is 2.28 bits per heavy atom. The van der Waals surface area contributed by atoms with E-state index in [2.05, 4.69) is 10.4 Å². The minimum Gasteiger partial charge on any atom is -0.496 e. The Morgan fingerprint density at radius 1 is 1.10 bits per heavy atom. The van der Waals surface area contributed by atoms with Crippen molar-refractivity contribution in [2.24, 2.45) is 0 Å². The number of hydrogen-bond acceptors (Lipinski definition) is 5. The molecule has 0 aliphatic carbocycles. The van der Waals surface area contributed by atoms with E-state index >= 15 is 0 Å². The van der Waals surface area contributed by atoms with Gasteiger partial charge in [0.1, 0.15) is 23.9 Å². The van der Waals surface area contributed by atoms with Crippen molar-refractivity contribution in [1.29, 1.82) is 0 Å². The van der Waals surface area contributed by atoms with Crippen LogP contribution in [-0.4, -0.2) is 47.5 Å². The summed E-state index contributed by atoms with van der Waals surface area (Å²) in [4.78, 5) is 23.1. The van der Waals surface area contributed by atoms with Gasteiger partial charge in [-0.15, -0.1) is 0 Å². The quantitative estimate of drug-likeness (QED) is 0.633. The van der Waals surface area contributed by atoms with Gasteiger partial charge in [0.15, 0.2) is 5.69 Å². The van der Waals surface area contributed by atoms with E-state index in [1.54, 1.807) is 18.2 Å². The molecule has 1 heterocycles. The van der Waals surface area contributed by atoms with Crippen molar-refractivity contribution in [3.05, 3.63) is 60.0 Å². The monoisotopic (exact) mass is 399 g/mol. The summed E-state index contributed by atoms with van der Waals surface area (Å²) in [7, 11) is 2.99. The molecule has 0 saturated carbocycles. The molecule has 8 nitrogen and oxygen atoms in total. The molecular weight excluding hydrogens is 381 g/mol. The average molecular weight is 399 g/mol. The van der Waals surface area contributed by atoms with E-state index in [4.69, 9.17) is 14.6 Å². The van der Waals surface area contributed by atoms with Gasteiger partial charge < -0.3 is 19.9 Å². The molecule has 0 atom stereocenters. The zero-order valence-corrected chi connectivity index (χ0v) is 15.7. The van der Waals surface area contributed by atoms with Gasteiger partial charge in [-0.1, -0.05) is 6.07 Å². The van der Waals surface area contributed by atoms with Crippen molar-refractivity contribution in [2.45, 2.75) is 0 Å². The van der Waals surface area contributed by atoms with Gasteiger partial charge in [-0.25, -0.2) is 9.07 Å². The van der Waals surface area contributed by atoms with Crippen molar-refractivity contribution in [2.75, 3.05) is 20.8 Å². The van der Waals surface area contributed by atoms with Gasteiger partial charge in [-0.2, -0.15) is 5.10 Å². The van der Waals surface area contributed by atoms with Crippen molar-refractivity contribution >= 4 is 11.9 Å². The van der Waals surface area contributed by atoms with Crippen LogP contribution in [0.2, 0.25) is 0 Å². The number of carboxylic acids is 1. The standard InChI is InChI=1S/C20H18FN3O5/c1-28-16-4-3-5-17(29-2)19(16)15-10-14(20(27)22-11-18(25)26)23-24(15)13-8-6-12(21)7-9-13/h3-10H,11H2,1-2H3,(H,22,27)(H,25,26). The van der Waals surface area contributed by atoms with Crippen molar-refractivity contribution in [3.8, 4) is 28.4 Å². The first-order chi connectivity index (χ1) is 13.9. The summed E-state index contributed by atoms with van der Waals surface area (Å²) in [6, 6.07) is 12.2. The number of amides is 1. The molecule has 2 N–H and O–H groups in total. The Kier molecular flexibility index (Phi) is 5.77.